The van der Waals surface area contributed by atoms with Crippen molar-refractivity contribution in [3.63, 3.8) is 0 Å². The molecule has 0 saturated heterocycles. The Labute approximate surface area is 80.8 Å². The molecule has 0 aliphatic carbocycles. The van der Waals surface area contributed by atoms with Crippen LogP contribution in [0, 0.1) is 0 Å². The normalized spacial score (nSPS) is 11.5. The number of sulfonamides is 1. The summed E-state index contributed by atoms with van der Waals surface area (Å²) in [5.41, 5.74) is 0. The molecule has 0 bridgehead atoms. The lowest BCUT2D eigenvalue weighted by atomic mass is 10.5. The van der Waals surface area contributed by atoms with E-state index in [0.717, 1.165) is 0 Å². The largest absolute Gasteiger partial charge is 0.214 e. The van der Waals surface area contributed by atoms with Crippen LogP contribution < -0.4 is 0 Å². The van der Waals surface area contributed by atoms with Gasteiger partial charge in [0.2, 0.25) is 10.0 Å². The van der Waals surface area contributed by atoms with E-state index in [1.165, 1.54) is 4.31 Å². The van der Waals surface area contributed by atoms with Gasteiger partial charge >= 0.3 is 0 Å². The molecule has 0 atom stereocenters. The first-order chi connectivity index (χ1) is 6.08. The van der Waals surface area contributed by atoms with Crippen molar-refractivity contribution in [3.8, 4) is 0 Å². The van der Waals surface area contributed by atoms with Crippen molar-refractivity contribution in [2.45, 2.75) is 13.3 Å². The van der Waals surface area contributed by atoms with Crippen molar-refractivity contribution >= 4 is 10.0 Å². The Bertz CT molecular complexity index is 247. The van der Waals surface area contributed by atoms with Gasteiger partial charge in [0.05, 0.1) is 5.75 Å². The Morgan fingerprint density at radius 1 is 1.23 bits per heavy atom. The summed E-state index contributed by atoms with van der Waals surface area (Å²) < 4.78 is 24.5. The number of rotatable bonds is 7. The standard InChI is InChI=1S/C9H17NO2S/c1-4-7-10(8-5-2)13(11,12)9-6-3/h4-5H,1-2,6-9H2,3H3. The van der Waals surface area contributed by atoms with Crippen LogP contribution in [0.5, 0.6) is 0 Å². The smallest absolute Gasteiger partial charge is 0.212 e. The Morgan fingerprint density at radius 3 is 2.00 bits per heavy atom. The number of nitrogens with zero attached hydrogens (tertiary/aromatic N) is 1. The van der Waals surface area contributed by atoms with Crippen molar-refractivity contribution in [1.29, 1.82) is 0 Å². The first kappa shape index (κ1) is 12.4. The molecule has 0 N–H and O–H groups in total. The summed E-state index contributed by atoms with van der Waals surface area (Å²) in [5.74, 6) is 0.189. The maximum absolute atomic E-state index is 11.5. The molecule has 0 rings (SSSR count). The van der Waals surface area contributed by atoms with Crippen molar-refractivity contribution in [3.05, 3.63) is 25.3 Å². The molecule has 0 aliphatic rings. The number of hydrogen-bond acceptors (Lipinski definition) is 2. The Morgan fingerprint density at radius 2 is 1.69 bits per heavy atom. The van der Waals surface area contributed by atoms with Crippen LogP contribution in [0.2, 0.25) is 0 Å². The molecule has 0 fully saturated rings. The van der Waals surface area contributed by atoms with Gasteiger partial charge in [0.25, 0.3) is 0 Å². The molecule has 13 heavy (non-hydrogen) atoms. The van der Waals surface area contributed by atoms with Crippen LogP contribution in [0.4, 0.5) is 0 Å². The van der Waals surface area contributed by atoms with Crippen LogP contribution in [0.3, 0.4) is 0 Å². The SMILES string of the molecule is C=CCN(CC=C)S(=O)(=O)CCC. The van der Waals surface area contributed by atoms with Gasteiger partial charge in [-0.3, -0.25) is 0 Å². The van der Waals surface area contributed by atoms with Gasteiger partial charge < -0.3 is 0 Å². The van der Waals surface area contributed by atoms with Gasteiger partial charge in [-0.15, -0.1) is 13.2 Å². The zero-order valence-electron chi connectivity index (χ0n) is 8.07. The summed E-state index contributed by atoms with van der Waals surface area (Å²) in [4.78, 5) is 0. The molecule has 4 heteroatoms. The minimum absolute atomic E-state index is 0.189. The van der Waals surface area contributed by atoms with Crippen LogP contribution >= 0.6 is 0 Å². The molecule has 0 aromatic heterocycles. The second kappa shape index (κ2) is 5.94. The van der Waals surface area contributed by atoms with E-state index in [9.17, 15) is 8.42 Å². The predicted octanol–water partition coefficient (Wildman–Crippen LogP) is 1.40. The average Bonchev–Trinajstić information content (AvgIpc) is 2.04. The third-order valence-electron chi connectivity index (χ3n) is 1.52. The van der Waals surface area contributed by atoms with E-state index in [1.807, 2.05) is 6.92 Å². The Hall–Kier alpha value is -0.610. The lowest BCUT2D eigenvalue weighted by molar-refractivity contribution is 0.473. The van der Waals surface area contributed by atoms with Gasteiger partial charge in [-0.2, -0.15) is 4.31 Å². The van der Waals surface area contributed by atoms with Crippen molar-refractivity contribution in [2.24, 2.45) is 0 Å². The van der Waals surface area contributed by atoms with Crippen molar-refractivity contribution in [1.82, 2.24) is 4.31 Å². The van der Waals surface area contributed by atoms with Gasteiger partial charge in [-0.1, -0.05) is 19.1 Å². The Kier molecular flexibility index (Phi) is 5.66. The van der Waals surface area contributed by atoms with E-state index < -0.39 is 10.0 Å². The molecule has 0 saturated carbocycles. The van der Waals surface area contributed by atoms with E-state index in [0.29, 0.717) is 19.5 Å². The van der Waals surface area contributed by atoms with E-state index in [2.05, 4.69) is 13.2 Å². The summed E-state index contributed by atoms with van der Waals surface area (Å²) in [6.07, 6.45) is 3.79. The fourth-order valence-corrected chi connectivity index (χ4v) is 2.42. The minimum atomic E-state index is -3.11. The summed E-state index contributed by atoms with van der Waals surface area (Å²) in [6.45, 7) is 9.59. The summed E-state index contributed by atoms with van der Waals surface area (Å²) >= 11 is 0. The summed E-state index contributed by atoms with van der Waals surface area (Å²) in [6, 6.07) is 0. The first-order valence-electron chi connectivity index (χ1n) is 4.28. The van der Waals surface area contributed by atoms with Crippen LogP contribution in [0.25, 0.3) is 0 Å². The van der Waals surface area contributed by atoms with Crippen molar-refractivity contribution < 1.29 is 8.42 Å². The maximum Gasteiger partial charge on any atom is 0.214 e. The molecular formula is C9H17NO2S. The predicted molar refractivity (Wildman–Crippen MR) is 56.0 cm³/mol. The molecule has 0 unspecified atom stereocenters. The molecule has 76 valence electrons. The third kappa shape index (κ3) is 4.24. The van der Waals surface area contributed by atoms with E-state index in [1.54, 1.807) is 12.2 Å². The lowest BCUT2D eigenvalue weighted by Crippen LogP contribution is -2.33. The monoisotopic (exact) mass is 203 g/mol. The zero-order chi connectivity index (χ0) is 10.3. The highest BCUT2D eigenvalue weighted by Gasteiger charge is 2.17. The van der Waals surface area contributed by atoms with Crippen molar-refractivity contribution in [2.75, 3.05) is 18.8 Å². The highest BCUT2D eigenvalue weighted by molar-refractivity contribution is 7.89. The molecule has 0 aromatic carbocycles. The highest BCUT2D eigenvalue weighted by Crippen LogP contribution is 2.03. The molecular weight excluding hydrogens is 186 g/mol. The molecule has 0 amide bonds. The highest BCUT2D eigenvalue weighted by atomic mass is 32.2. The molecule has 3 nitrogen and oxygen atoms in total. The van der Waals surface area contributed by atoms with E-state index in [4.69, 9.17) is 0 Å². The van der Waals surface area contributed by atoms with Gasteiger partial charge in [0.15, 0.2) is 0 Å². The zero-order valence-corrected chi connectivity index (χ0v) is 8.89. The lowest BCUT2D eigenvalue weighted by Gasteiger charge is -2.18. The van der Waals surface area contributed by atoms with Crippen LogP contribution in [0.15, 0.2) is 25.3 Å². The third-order valence-corrected chi connectivity index (χ3v) is 3.53. The molecule has 0 radical (unpaired) electrons. The van der Waals surface area contributed by atoms with Gasteiger partial charge in [-0.05, 0) is 6.42 Å². The quantitative estimate of drug-likeness (QED) is 0.586. The topological polar surface area (TPSA) is 37.4 Å². The second-order valence-electron chi connectivity index (χ2n) is 2.71. The summed E-state index contributed by atoms with van der Waals surface area (Å²) in [7, 11) is -3.11. The van der Waals surface area contributed by atoms with Crippen LogP contribution in [0.1, 0.15) is 13.3 Å². The Balaban J connectivity index is 4.50. The molecule has 0 aromatic rings. The fourth-order valence-electron chi connectivity index (χ4n) is 0.977. The second-order valence-corrected chi connectivity index (χ2v) is 4.80. The summed E-state index contributed by atoms with van der Waals surface area (Å²) in [5, 5.41) is 0. The fraction of sp³-hybridized carbons (Fsp3) is 0.556. The van der Waals surface area contributed by atoms with E-state index >= 15 is 0 Å². The van der Waals surface area contributed by atoms with E-state index in [-0.39, 0.29) is 5.75 Å². The first-order valence-corrected chi connectivity index (χ1v) is 5.89. The van der Waals surface area contributed by atoms with Crippen LogP contribution in [-0.2, 0) is 10.0 Å². The average molecular weight is 203 g/mol. The van der Waals surface area contributed by atoms with Crippen LogP contribution in [-0.4, -0.2) is 31.6 Å². The maximum atomic E-state index is 11.5. The molecule has 0 heterocycles. The van der Waals surface area contributed by atoms with Gasteiger partial charge in [-0.25, -0.2) is 8.42 Å². The van der Waals surface area contributed by atoms with Gasteiger partial charge in [0.1, 0.15) is 0 Å². The minimum Gasteiger partial charge on any atom is -0.212 e. The van der Waals surface area contributed by atoms with Gasteiger partial charge in [0, 0.05) is 13.1 Å². The number of hydrogen-bond donors (Lipinski definition) is 0. The molecule has 0 aliphatic heterocycles. The molecule has 0 spiro atoms.